The highest BCUT2D eigenvalue weighted by molar-refractivity contribution is 7.89. The summed E-state index contributed by atoms with van der Waals surface area (Å²) in [7, 11) is -1.21. The van der Waals surface area contributed by atoms with Crippen LogP contribution < -0.4 is 0 Å². The summed E-state index contributed by atoms with van der Waals surface area (Å²) in [5.74, 6) is 0.337. The third-order valence-electron chi connectivity index (χ3n) is 1.85. The number of hydrogen-bond donors (Lipinski definition) is 0. The zero-order chi connectivity index (χ0) is 7.61. The van der Waals surface area contributed by atoms with Gasteiger partial charge in [0.05, 0.1) is 5.75 Å². The Bertz CT molecular complexity index is 198. The van der Waals surface area contributed by atoms with E-state index in [9.17, 15) is 8.42 Å². The molecule has 60 valence electrons. The monoisotopic (exact) mass is 163 g/mol. The van der Waals surface area contributed by atoms with Gasteiger partial charge in [-0.25, -0.2) is 12.7 Å². The van der Waals surface area contributed by atoms with Gasteiger partial charge >= 0.3 is 0 Å². The second-order valence-electron chi connectivity index (χ2n) is 2.70. The molecule has 0 amide bonds. The Labute approximate surface area is 62.1 Å². The Morgan fingerprint density at radius 3 is 2.60 bits per heavy atom. The van der Waals surface area contributed by atoms with Crippen molar-refractivity contribution < 1.29 is 8.42 Å². The highest BCUT2D eigenvalue weighted by atomic mass is 32.2. The van der Waals surface area contributed by atoms with Gasteiger partial charge in [-0.15, -0.1) is 0 Å². The van der Waals surface area contributed by atoms with E-state index in [4.69, 9.17) is 0 Å². The molecule has 0 saturated carbocycles. The molecular weight excluding hydrogens is 150 g/mol. The Morgan fingerprint density at radius 1 is 1.20 bits per heavy atom. The van der Waals surface area contributed by atoms with E-state index < -0.39 is 10.0 Å². The minimum atomic E-state index is -2.86. The minimum Gasteiger partial charge on any atom is -0.212 e. The molecule has 1 rings (SSSR count). The third kappa shape index (κ3) is 1.70. The molecule has 1 saturated heterocycles. The average molecular weight is 163 g/mol. The van der Waals surface area contributed by atoms with Gasteiger partial charge in [-0.05, 0) is 12.8 Å². The molecule has 0 bridgehead atoms. The summed E-state index contributed by atoms with van der Waals surface area (Å²) in [6.07, 6.45) is 2.88. The van der Waals surface area contributed by atoms with Crippen LogP contribution in [0, 0.1) is 0 Å². The lowest BCUT2D eigenvalue weighted by Gasteiger charge is -2.11. The SMILES string of the molecule is CN1CCCCCS1(=O)=O. The molecule has 4 heteroatoms. The predicted octanol–water partition coefficient (Wildman–Crippen LogP) is 0.432. The second kappa shape index (κ2) is 2.88. The maximum absolute atomic E-state index is 11.1. The van der Waals surface area contributed by atoms with Crippen molar-refractivity contribution in [1.82, 2.24) is 4.31 Å². The van der Waals surface area contributed by atoms with Gasteiger partial charge in [0.1, 0.15) is 0 Å². The highest BCUT2D eigenvalue weighted by Gasteiger charge is 2.19. The normalized spacial score (nSPS) is 27.7. The second-order valence-corrected chi connectivity index (χ2v) is 4.89. The Morgan fingerprint density at radius 2 is 1.90 bits per heavy atom. The first-order valence-electron chi connectivity index (χ1n) is 3.57. The van der Waals surface area contributed by atoms with Gasteiger partial charge in [0.15, 0.2) is 0 Å². The molecule has 0 atom stereocenters. The van der Waals surface area contributed by atoms with Crippen molar-refractivity contribution in [3.05, 3.63) is 0 Å². The van der Waals surface area contributed by atoms with Gasteiger partial charge in [-0.2, -0.15) is 0 Å². The molecule has 1 aliphatic rings. The third-order valence-corrected chi connectivity index (χ3v) is 3.79. The van der Waals surface area contributed by atoms with E-state index in [1.54, 1.807) is 7.05 Å². The molecule has 0 unspecified atom stereocenters. The van der Waals surface area contributed by atoms with Gasteiger partial charge < -0.3 is 0 Å². The largest absolute Gasteiger partial charge is 0.213 e. The molecule has 0 aromatic heterocycles. The van der Waals surface area contributed by atoms with E-state index in [1.165, 1.54) is 4.31 Å². The highest BCUT2D eigenvalue weighted by Crippen LogP contribution is 2.10. The lowest BCUT2D eigenvalue weighted by molar-refractivity contribution is 0.472. The van der Waals surface area contributed by atoms with E-state index in [-0.39, 0.29) is 0 Å². The maximum Gasteiger partial charge on any atom is 0.213 e. The first-order valence-corrected chi connectivity index (χ1v) is 5.18. The van der Waals surface area contributed by atoms with Gasteiger partial charge in [-0.1, -0.05) is 6.42 Å². The van der Waals surface area contributed by atoms with E-state index in [0.717, 1.165) is 19.3 Å². The molecule has 0 radical (unpaired) electrons. The number of hydrogen-bond acceptors (Lipinski definition) is 2. The number of sulfonamides is 1. The molecule has 1 aliphatic heterocycles. The lowest BCUT2D eigenvalue weighted by Crippen LogP contribution is -2.27. The number of rotatable bonds is 0. The summed E-state index contributed by atoms with van der Waals surface area (Å²) < 4.78 is 23.7. The van der Waals surface area contributed by atoms with Crippen molar-refractivity contribution in [2.24, 2.45) is 0 Å². The molecule has 10 heavy (non-hydrogen) atoms. The molecule has 3 nitrogen and oxygen atoms in total. The predicted molar refractivity (Wildman–Crippen MR) is 40.3 cm³/mol. The van der Waals surface area contributed by atoms with Crippen LogP contribution in [0.15, 0.2) is 0 Å². The van der Waals surface area contributed by atoms with Crippen molar-refractivity contribution in [3.63, 3.8) is 0 Å². The fourth-order valence-corrected chi connectivity index (χ4v) is 2.38. The van der Waals surface area contributed by atoms with Crippen LogP contribution in [-0.4, -0.2) is 32.1 Å². The van der Waals surface area contributed by atoms with Crippen LogP contribution in [-0.2, 0) is 10.0 Å². The summed E-state index contributed by atoms with van der Waals surface area (Å²) in [4.78, 5) is 0. The zero-order valence-electron chi connectivity index (χ0n) is 6.21. The summed E-state index contributed by atoms with van der Waals surface area (Å²) in [6, 6.07) is 0. The lowest BCUT2D eigenvalue weighted by atomic mass is 10.2. The molecule has 0 aromatic rings. The zero-order valence-corrected chi connectivity index (χ0v) is 7.02. The van der Waals surface area contributed by atoms with Gasteiger partial charge in [-0.3, -0.25) is 0 Å². The van der Waals surface area contributed by atoms with Crippen LogP contribution in [0.3, 0.4) is 0 Å². The molecular formula is C6H13NO2S. The van der Waals surface area contributed by atoms with Crippen LogP contribution in [0.1, 0.15) is 19.3 Å². The molecule has 0 aliphatic carbocycles. The van der Waals surface area contributed by atoms with Crippen molar-refractivity contribution in [1.29, 1.82) is 0 Å². The summed E-state index contributed by atoms with van der Waals surface area (Å²) in [5, 5.41) is 0. The standard InChI is InChI=1S/C6H13NO2S/c1-7-5-3-2-4-6-10(7,8)9/h2-6H2,1H3. The van der Waals surface area contributed by atoms with Crippen LogP contribution in [0.25, 0.3) is 0 Å². The van der Waals surface area contributed by atoms with Crippen molar-refractivity contribution in [2.45, 2.75) is 19.3 Å². The summed E-state index contributed by atoms with van der Waals surface area (Å²) in [5.41, 5.74) is 0. The van der Waals surface area contributed by atoms with Crippen LogP contribution in [0.5, 0.6) is 0 Å². The van der Waals surface area contributed by atoms with E-state index in [1.807, 2.05) is 0 Å². The molecule has 1 heterocycles. The Balaban J connectivity index is 2.71. The summed E-state index contributed by atoms with van der Waals surface area (Å²) >= 11 is 0. The Kier molecular flexibility index (Phi) is 2.31. The fraction of sp³-hybridized carbons (Fsp3) is 1.00. The number of nitrogens with zero attached hydrogens (tertiary/aromatic N) is 1. The van der Waals surface area contributed by atoms with E-state index in [2.05, 4.69) is 0 Å². The minimum absolute atomic E-state index is 0.337. The fourth-order valence-electron chi connectivity index (χ4n) is 1.09. The van der Waals surface area contributed by atoms with Crippen LogP contribution in [0.4, 0.5) is 0 Å². The first kappa shape index (κ1) is 8.01. The quantitative estimate of drug-likeness (QED) is 0.519. The molecule has 0 spiro atoms. The first-order chi connectivity index (χ1) is 4.63. The van der Waals surface area contributed by atoms with Gasteiger partial charge in [0.2, 0.25) is 10.0 Å². The van der Waals surface area contributed by atoms with Crippen molar-refractivity contribution in [3.8, 4) is 0 Å². The molecule has 1 fully saturated rings. The maximum atomic E-state index is 11.1. The van der Waals surface area contributed by atoms with Crippen molar-refractivity contribution >= 4 is 10.0 Å². The average Bonchev–Trinajstić information content (AvgIpc) is 1.96. The molecule has 0 N–H and O–H groups in total. The topological polar surface area (TPSA) is 37.4 Å². The van der Waals surface area contributed by atoms with E-state index in [0.29, 0.717) is 12.3 Å². The smallest absolute Gasteiger partial charge is 0.212 e. The summed E-state index contributed by atoms with van der Waals surface area (Å²) in [6.45, 7) is 0.697. The van der Waals surface area contributed by atoms with Gasteiger partial charge in [0.25, 0.3) is 0 Å². The van der Waals surface area contributed by atoms with Gasteiger partial charge in [0, 0.05) is 13.6 Å². The molecule has 0 aromatic carbocycles. The van der Waals surface area contributed by atoms with E-state index >= 15 is 0 Å². The van der Waals surface area contributed by atoms with Crippen LogP contribution >= 0.6 is 0 Å². The van der Waals surface area contributed by atoms with Crippen LogP contribution in [0.2, 0.25) is 0 Å². The Hall–Kier alpha value is -0.0900. The van der Waals surface area contributed by atoms with Crippen molar-refractivity contribution in [2.75, 3.05) is 19.3 Å².